The maximum absolute atomic E-state index is 14.2. The van der Waals surface area contributed by atoms with Crippen molar-refractivity contribution in [2.75, 3.05) is 6.61 Å². The van der Waals surface area contributed by atoms with Crippen LogP contribution in [0.2, 0.25) is 0 Å². The van der Waals surface area contributed by atoms with E-state index in [0.717, 1.165) is 16.7 Å². The van der Waals surface area contributed by atoms with Crippen LogP contribution < -0.4 is 5.56 Å². The maximum atomic E-state index is 14.2. The molecule has 0 unspecified atom stereocenters. The molecule has 0 aliphatic carbocycles. The van der Waals surface area contributed by atoms with Gasteiger partial charge in [0.25, 0.3) is 5.56 Å². The number of pyridine rings is 1. The van der Waals surface area contributed by atoms with Gasteiger partial charge in [-0.15, -0.1) is 0 Å². The van der Waals surface area contributed by atoms with Crippen LogP contribution in [0.5, 0.6) is 0 Å². The fourth-order valence-electron chi connectivity index (χ4n) is 3.18. The predicted molar refractivity (Wildman–Crippen MR) is 92.2 cm³/mol. The Morgan fingerprint density at radius 2 is 2.00 bits per heavy atom. The molecule has 1 aliphatic heterocycles. The molecule has 0 bridgehead atoms. The number of aliphatic imine (C=N–C) groups is 1. The zero-order chi connectivity index (χ0) is 18.6. The fourth-order valence-corrected chi connectivity index (χ4v) is 3.18. The van der Waals surface area contributed by atoms with Gasteiger partial charge in [-0.3, -0.25) is 9.79 Å². The molecule has 0 saturated heterocycles. The maximum Gasteiger partial charge on any atom is 0.418 e. The molecule has 3 heterocycles. The topological polar surface area (TPSA) is 65.6 Å². The molecule has 1 aromatic carbocycles. The summed E-state index contributed by atoms with van der Waals surface area (Å²) in [6, 6.07) is 1.91. The number of ether oxygens (including phenoxy) is 1. The lowest BCUT2D eigenvalue weighted by molar-refractivity contribution is 0.155. The van der Waals surface area contributed by atoms with E-state index in [1.54, 1.807) is 6.92 Å². The Kier molecular flexibility index (Phi) is 3.50. The number of aromatic nitrogens is 2. The first-order valence-electron chi connectivity index (χ1n) is 7.87. The average molecular weight is 357 g/mol. The normalized spacial score (nSPS) is 12.2. The number of aryl methyl sites for hydroxylation is 1. The van der Waals surface area contributed by atoms with Crippen LogP contribution in [-0.4, -0.2) is 28.0 Å². The summed E-state index contributed by atoms with van der Waals surface area (Å²) in [6.45, 7) is 1.79. The number of carbonyl (C=O) groups is 1. The molecular weight excluding hydrogens is 344 g/mol. The second-order valence-corrected chi connectivity index (χ2v) is 5.88. The van der Waals surface area contributed by atoms with Crippen molar-refractivity contribution in [2.45, 2.75) is 6.92 Å². The second kappa shape index (κ2) is 5.62. The lowest BCUT2D eigenvalue weighted by Gasteiger charge is -2.11. The van der Waals surface area contributed by atoms with Crippen LogP contribution in [0, 0.1) is 11.6 Å². The molecule has 2 aromatic heterocycles. The van der Waals surface area contributed by atoms with Crippen molar-refractivity contribution >= 4 is 28.9 Å². The predicted octanol–water partition coefficient (Wildman–Crippen LogP) is 3.35. The number of fused-ring (bicyclic) bond motifs is 2. The molecule has 8 heteroatoms. The highest BCUT2D eigenvalue weighted by molar-refractivity contribution is 6.12. The summed E-state index contributed by atoms with van der Waals surface area (Å²) in [5.74, 6) is -1.56. The van der Waals surface area contributed by atoms with E-state index in [-0.39, 0.29) is 23.4 Å². The van der Waals surface area contributed by atoms with Gasteiger partial charge in [0.1, 0.15) is 17.0 Å². The first-order valence-corrected chi connectivity index (χ1v) is 7.87. The molecule has 4 rings (SSSR count). The number of nitrogens with zero attached hydrogens (tertiary/aromatic N) is 3. The van der Waals surface area contributed by atoms with Gasteiger partial charge in [-0.2, -0.15) is 0 Å². The molecule has 0 amide bonds. The van der Waals surface area contributed by atoms with Gasteiger partial charge in [0, 0.05) is 53.8 Å². The molecule has 132 valence electrons. The molecule has 26 heavy (non-hydrogen) atoms. The summed E-state index contributed by atoms with van der Waals surface area (Å²) in [6.07, 6.45) is 3.54. The van der Waals surface area contributed by atoms with Crippen LogP contribution in [0.1, 0.15) is 12.5 Å². The highest BCUT2D eigenvalue weighted by atomic mass is 19.1. The number of hydrogen-bond acceptors (Lipinski definition) is 4. The highest BCUT2D eigenvalue weighted by Crippen LogP contribution is 2.40. The third-order valence-corrected chi connectivity index (χ3v) is 4.27. The molecule has 0 spiro atoms. The number of hydrogen-bond donors (Lipinski definition) is 0. The van der Waals surface area contributed by atoms with Crippen molar-refractivity contribution in [1.29, 1.82) is 0 Å². The summed E-state index contributed by atoms with van der Waals surface area (Å²) in [5.41, 5.74) is 0.673. The van der Waals surface area contributed by atoms with E-state index in [4.69, 9.17) is 4.74 Å². The van der Waals surface area contributed by atoms with Crippen molar-refractivity contribution in [3.8, 4) is 11.1 Å². The van der Waals surface area contributed by atoms with Gasteiger partial charge in [0.05, 0.1) is 6.61 Å². The number of carbonyl (C=O) groups excluding carboxylic acids is 1. The SMILES string of the molecule is CCOC(=O)n1cc2c3c(cn(C)c(=O)c31)-c1cc(F)cc(F)c1N=C2. The van der Waals surface area contributed by atoms with E-state index < -0.39 is 23.3 Å². The summed E-state index contributed by atoms with van der Waals surface area (Å²) in [7, 11) is 1.50. The van der Waals surface area contributed by atoms with Crippen molar-refractivity contribution < 1.29 is 18.3 Å². The third-order valence-electron chi connectivity index (χ3n) is 4.27. The van der Waals surface area contributed by atoms with Crippen LogP contribution in [0.15, 0.2) is 34.3 Å². The summed E-state index contributed by atoms with van der Waals surface area (Å²) in [5, 5.41) is 0.397. The lowest BCUT2D eigenvalue weighted by atomic mass is 10.0. The van der Waals surface area contributed by atoms with Crippen LogP contribution in [-0.2, 0) is 11.8 Å². The summed E-state index contributed by atoms with van der Waals surface area (Å²) in [4.78, 5) is 29.0. The Balaban J connectivity index is 2.17. The van der Waals surface area contributed by atoms with Crippen LogP contribution >= 0.6 is 0 Å². The van der Waals surface area contributed by atoms with Crippen LogP contribution in [0.3, 0.4) is 0 Å². The monoisotopic (exact) mass is 357 g/mol. The standard InChI is InChI=1S/C18H13F2N3O3/c1-3-26-18(25)23-7-9-6-21-15-11(4-10(19)5-13(15)20)12-8-22(2)17(24)16(23)14(9)12/h4-8H,3H2,1-2H3. The van der Waals surface area contributed by atoms with Crippen molar-refractivity contribution in [3.63, 3.8) is 0 Å². The second-order valence-electron chi connectivity index (χ2n) is 5.88. The third kappa shape index (κ3) is 2.18. The summed E-state index contributed by atoms with van der Waals surface area (Å²) >= 11 is 0. The minimum atomic E-state index is -0.804. The zero-order valence-electron chi connectivity index (χ0n) is 13.9. The molecule has 0 saturated carbocycles. The smallest absolute Gasteiger partial charge is 0.418 e. The van der Waals surface area contributed by atoms with Gasteiger partial charge in [0.2, 0.25) is 0 Å². The average Bonchev–Trinajstić information content (AvgIpc) is 2.90. The molecule has 0 atom stereocenters. The van der Waals surface area contributed by atoms with E-state index in [1.165, 1.54) is 30.2 Å². The molecule has 0 N–H and O–H groups in total. The van der Waals surface area contributed by atoms with Crippen LogP contribution in [0.4, 0.5) is 19.3 Å². The highest BCUT2D eigenvalue weighted by Gasteiger charge is 2.25. The molecule has 6 nitrogen and oxygen atoms in total. The Morgan fingerprint density at radius 1 is 1.23 bits per heavy atom. The van der Waals surface area contributed by atoms with Gasteiger partial charge < -0.3 is 9.30 Å². The Labute approximate surface area is 146 Å². The Bertz CT molecular complexity index is 1170. The van der Waals surface area contributed by atoms with Gasteiger partial charge in [-0.1, -0.05) is 0 Å². The first kappa shape index (κ1) is 16.2. The van der Waals surface area contributed by atoms with Gasteiger partial charge in [-0.05, 0) is 13.0 Å². The van der Waals surface area contributed by atoms with Gasteiger partial charge in [0.15, 0.2) is 5.82 Å². The van der Waals surface area contributed by atoms with Gasteiger partial charge >= 0.3 is 6.09 Å². The zero-order valence-corrected chi connectivity index (χ0v) is 13.9. The van der Waals surface area contributed by atoms with Crippen molar-refractivity contribution in [1.82, 2.24) is 9.13 Å². The number of halogens is 2. The van der Waals surface area contributed by atoms with Crippen molar-refractivity contribution in [3.05, 3.63) is 52.1 Å². The fraction of sp³-hybridized carbons (Fsp3) is 0.167. The first-order chi connectivity index (χ1) is 12.4. The van der Waals surface area contributed by atoms with Crippen molar-refractivity contribution in [2.24, 2.45) is 12.0 Å². The quantitative estimate of drug-likeness (QED) is 0.525. The lowest BCUT2D eigenvalue weighted by Crippen LogP contribution is -2.22. The van der Waals surface area contributed by atoms with E-state index in [1.807, 2.05) is 0 Å². The minimum absolute atomic E-state index is 0.0229. The Hall–Kier alpha value is -3.29. The summed E-state index contributed by atoms with van der Waals surface area (Å²) < 4.78 is 35.4. The molecule has 0 fully saturated rings. The van der Waals surface area contributed by atoms with E-state index in [9.17, 15) is 18.4 Å². The number of benzene rings is 1. The minimum Gasteiger partial charge on any atom is -0.449 e. The van der Waals surface area contributed by atoms with E-state index in [0.29, 0.717) is 16.5 Å². The molecule has 3 aromatic rings. The Morgan fingerprint density at radius 3 is 2.73 bits per heavy atom. The molecular formula is C18H13F2N3O3. The van der Waals surface area contributed by atoms with Gasteiger partial charge in [-0.25, -0.2) is 18.1 Å². The molecule has 0 radical (unpaired) electrons. The number of rotatable bonds is 1. The largest absolute Gasteiger partial charge is 0.449 e. The van der Waals surface area contributed by atoms with E-state index >= 15 is 0 Å². The van der Waals surface area contributed by atoms with E-state index in [2.05, 4.69) is 4.99 Å². The van der Waals surface area contributed by atoms with Crippen LogP contribution in [0.25, 0.3) is 22.0 Å². The molecule has 1 aliphatic rings.